The van der Waals surface area contributed by atoms with Crippen LogP contribution in [-0.4, -0.2) is 9.97 Å². The number of H-pyrrole nitrogens is 2. The monoisotopic (exact) mass is 355 g/mol. The molecule has 11 heavy (non-hydrogen) atoms. The Balaban J connectivity index is 0.000000605. The molecule has 0 fully saturated rings. The average molecular weight is 354 g/mol. The molecule has 0 saturated carbocycles. The van der Waals surface area contributed by atoms with Crippen LogP contribution in [0.5, 0.6) is 0 Å². The number of rotatable bonds is 0. The van der Waals surface area contributed by atoms with E-state index in [2.05, 4.69) is 32.2 Å². The predicted molar refractivity (Wildman–Crippen MR) is 38.0 cm³/mol. The van der Waals surface area contributed by atoms with Crippen LogP contribution in [0.3, 0.4) is 0 Å². The van der Waals surface area contributed by atoms with Crippen molar-refractivity contribution < 1.29 is 32.7 Å². The molecule has 0 spiro atoms. The Kier molecular flexibility index (Phi) is 2.72. The summed E-state index contributed by atoms with van der Waals surface area (Å²) >= 11 is 4.14. The summed E-state index contributed by atoms with van der Waals surface area (Å²) in [6.07, 6.45) is 3.16. The van der Waals surface area contributed by atoms with E-state index in [1.54, 1.807) is 6.33 Å². The fourth-order valence-electron chi connectivity index (χ4n) is 0.787. The van der Waals surface area contributed by atoms with E-state index in [-0.39, 0.29) is 27.7 Å². The van der Waals surface area contributed by atoms with Gasteiger partial charge in [-0.3, -0.25) is 4.98 Å². The van der Waals surface area contributed by atoms with Gasteiger partial charge < -0.3 is 9.97 Å². The number of nitrogens with one attached hydrogen (secondary N) is 2. The maximum atomic E-state index is 4.14. The molecule has 0 unspecified atom stereocenters. The Labute approximate surface area is 88.0 Å². The fraction of sp³-hybridized carbons (Fsp3) is 0. The van der Waals surface area contributed by atoms with Crippen LogP contribution in [0.25, 0.3) is 11.2 Å². The summed E-state index contributed by atoms with van der Waals surface area (Å²) in [5.41, 5.74) is 1.52. The van der Waals surface area contributed by atoms with E-state index in [0.717, 1.165) is 15.8 Å². The van der Waals surface area contributed by atoms with Crippen molar-refractivity contribution in [2.24, 2.45) is 0 Å². The van der Waals surface area contributed by atoms with Crippen LogP contribution in [0.4, 0.5) is 0 Å². The first-order valence-corrected chi connectivity index (χ1v) is 3.21. The number of thiol groups is 1. The van der Waals surface area contributed by atoms with Gasteiger partial charge in [0.05, 0.1) is 11.2 Å². The second-order valence-electron chi connectivity index (χ2n) is 1.85. The maximum Gasteiger partial charge on any atom is 2.00 e. The van der Waals surface area contributed by atoms with E-state index < -0.39 is 0 Å². The number of fused-ring (bicyclic) bond motifs is 1. The molecule has 0 radical (unpaired) electrons. The van der Waals surface area contributed by atoms with E-state index in [1.165, 1.54) is 6.33 Å². The zero-order valence-electron chi connectivity index (χ0n) is 5.70. The molecule has 0 bridgehead atoms. The van der Waals surface area contributed by atoms with E-state index in [1.807, 2.05) is 0 Å². The van der Waals surface area contributed by atoms with Gasteiger partial charge in [-0.25, -0.2) is 4.98 Å². The zero-order valence-corrected chi connectivity index (χ0v) is 12.1. The van der Waals surface area contributed by atoms with E-state index in [4.69, 9.17) is 0 Å². The molecule has 6 heteroatoms. The number of hydrogen-bond donors (Lipinski definition) is 1. The summed E-state index contributed by atoms with van der Waals surface area (Å²) in [6.45, 7) is 0. The van der Waals surface area contributed by atoms with Crippen LogP contribution in [-0.2, 0) is 39.9 Å². The molecule has 2 aromatic rings. The molecule has 2 aromatic heterocycles. The number of hydrogen-bond acceptors (Lipinski definition) is 1. The van der Waals surface area contributed by atoms with Gasteiger partial charge in [-0.05, 0) is 0 Å². The summed E-state index contributed by atoms with van der Waals surface area (Å²) in [7, 11) is 0. The molecule has 0 amide bonds. The van der Waals surface area contributed by atoms with Gasteiger partial charge in [-0.1, -0.05) is 6.33 Å². The molecule has 0 saturated heterocycles. The number of imidazole rings is 1. The molecular formula is C5H5HgN4S+3. The zero-order chi connectivity index (χ0) is 6.97. The third-order valence-corrected chi connectivity index (χ3v) is 1.58. The second kappa shape index (κ2) is 3.40. The van der Waals surface area contributed by atoms with Crippen molar-refractivity contribution >= 4 is 23.4 Å². The molecule has 2 rings (SSSR count). The first-order valence-electron chi connectivity index (χ1n) is 2.76. The van der Waals surface area contributed by atoms with Gasteiger partial charge in [0.1, 0.15) is 0 Å². The maximum absolute atomic E-state index is 4.14. The van der Waals surface area contributed by atoms with Crippen molar-refractivity contribution in [2.75, 3.05) is 0 Å². The minimum Gasteiger partial charge on any atom is -0.433 e. The normalized spacial score (nSPS) is 9.45. The van der Waals surface area contributed by atoms with Crippen LogP contribution < -0.4 is 9.97 Å². The van der Waals surface area contributed by atoms with Crippen LogP contribution in [0.2, 0.25) is 0 Å². The summed E-state index contributed by atoms with van der Waals surface area (Å²) in [6, 6.07) is 0. The van der Waals surface area contributed by atoms with Crippen molar-refractivity contribution in [2.45, 2.75) is 0 Å². The molecule has 0 aliphatic heterocycles. The van der Waals surface area contributed by atoms with Crippen molar-refractivity contribution in [3.8, 4) is 0 Å². The van der Waals surface area contributed by atoms with Crippen LogP contribution in [0.1, 0.15) is 0 Å². The molecule has 0 atom stereocenters. The minimum atomic E-state index is 0. The van der Waals surface area contributed by atoms with Gasteiger partial charge in [0, 0.05) is 0 Å². The molecular weight excluding hydrogens is 349 g/mol. The predicted octanol–water partition coefficient (Wildman–Crippen LogP) is -0.857. The molecule has 0 aliphatic rings. The van der Waals surface area contributed by atoms with Gasteiger partial charge >= 0.3 is 32.3 Å². The molecule has 0 aliphatic carbocycles. The van der Waals surface area contributed by atoms with E-state index in [0.29, 0.717) is 0 Å². The number of nitrogens with zero attached hydrogens (tertiary/aromatic N) is 2. The Morgan fingerprint density at radius 1 is 1.64 bits per heavy atom. The summed E-state index contributed by atoms with van der Waals surface area (Å²) in [5.74, 6) is 0. The van der Waals surface area contributed by atoms with E-state index in [9.17, 15) is 0 Å². The average Bonchev–Trinajstić information content (AvgIpc) is 2.36. The summed E-state index contributed by atoms with van der Waals surface area (Å²) in [4.78, 5) is 13.7. The SMILES string of the molecule is [Hg+2].[SH+]=c1[nH]c[nH+]c2nc[n-]c12. The molecule has 50 valence electrons. The van der Waals surface area contributed by atoms with Crippen LogP contribution in [0.15, 0.2) is 12.7 Å². The molecule has 2 N–H and O–H groups in total. The Morgan fingerprint density at radius 2 is 2.45 bits per heavy atom. The fourth-order valence-corrected chi connectivity index (χ4v) is 1.01. The Bertz CT molecular complexity index is 406. The van der Waals surface area contributed by atoms with Crippen molar-refractivity contribution in [1.82, 2.24) is 15.0 Å². The van der Waals surface area contributed by atoms with Gasteiger partial charge in [-0.15, -0.1) is 0 Å². The smallest absolute Gasteiger partial charge is 0.433 e. The van der Waals surface area contributed by atoms with Crippen molar-refractivity contribution in [3.63, 3.8) is 0 Å². The largest absolute Gasteiger partial charge is 2.00 e. The van der Waals surface area contributed by atoms with Crippen molar-refractivity contribution in [3.05, 3.63) is 17.3 Å². The summed E-state index contributed by atoms with van der Waals surface area (Å²) in [5, 5.41) is 0. The number of aromatic amines is 2. The first kappa shape index (κ1) is 8.80. The summed E-state index contributed by atoms with van der Waals surface area (Å²) < 4.78 is 0.728. The molecule has 0 aromatic carbocycles. The van der Waals surface area contributed by atoms with Crippen LogP contribution in [0, 0.1) is 4.64 Å². The Morgan fingerprint density at radius 3 is 3.18 bits per heavy atom. The van der Waals surface area contributed by atoms with E-state index >= 15 is 0 Å². The molecule has 4 nitrogen and oxygen atoms in total. The first-order chi connectivity index (χ1) is 4.88. The second-order valence-corrected chi connectivity index (χ2v) is 2.30. The number of aromatic nitrogens is 4. The Hall–Kier alpha value is -0.295. The minimum absolute atomic E-state index is 0. The quantitative estimate of drug-likeness (QED) is 0.290. The third kappa shape index (κ3) is 1.48. The molecule has 2 heterocycles. The standard InChI is InChI=1S/C5H4N4S.Hg/c10-5-3-4(7-1-6-3)8-2-9-5;/h1-2H,(H2,6,7,8,9,10);/q;+2/p+1. The van der Waals surface area contributed by atoms with Gasteiger partial charge in [-0.2, -0.15) is 0 Å². The van der Waals surface area contributed by atoms with Crippen molar-refractivity contribution in [1.29, 1.82) is 0 Å². The van der Waals surface area contributed by atoms with Gasteiger partial charge in [0.25, 0.3) is 0 Å². The third-order valence-electron chi connectivity index (χ3n) is 1.24. The van der Waals surface area contributed by atoms with Crippen LogP contribution >= 0.6 is 0 Å². The topological polar surface area (TPSA) is 56.9 Å². The van der Waals surface area contributed by atoms with Gasteiger partial charge in [0.15, 0.2) is 6.33 Å². The van der Waals surface area contributed by atoms with Gasteiger partial charge in [0.2, 0.25) is 12.2 Å².